The first kappa shape index (κ1) is 12.3. The Labute approximate surface area is 123 Å². The van der Waals surface area contributed by atoms with Gasteiger partial charge >= 0.3 is 0 Å². The maximum atomic E-state index is 6.03. The Morgan fingerprint density at radius 3 is 2.58 bits per heavy atom. The smallest absolute Gasteiger partial charge is 0.0710 e. The van der Waals surface area contributed by atoms with Crippen LogP contribution in [0.25, 0.3) is 0 Å². The average molecular weight is 293 g/mol. The summed E-state index contributed by atoms with van der Waals surface area (Å²) in [7, 11) is 0. The van der Waals surface area contributed by atoms with Crippen molar-refractivity contribution in [1.82, 2.24) is 0 Å². The van der Waals surface area contributed by atoms with Gasteiger partial charge in [-0.2, -0.15) is 0 Å². The van der Waals surface area contributed by atoms with Crippen LogP contribution in [0.15, 0.2) is 36.4 Å². The third kappa shape index (κ3) is 1.33. The van der Waals surface area contributed by atoms with Crippen LogP contribution in [0, 0.1) is 11.3 Å². The monoisotopic (exact) mass is 292 g/mol. The minimum Gasteiger partial charge on any atom is -0.380 e. The van der Waals surface area contributed by atoms with Crippen molar-refractivity contribution in [1.29, 1.82) is 0 Å². The zero-order valence-electron chi connectivity index (χ0n) is 11.2. The molecule has 0 radical (unpaired) electrons. The maximum Gasteiger partial charge on any atom is 0.0710 e. The van der Waals surface area contributed by atoms with Gasteiger partial charge in [-0.25, -0.2) is 0 Å². The first-order valence-corrected chi connectivity index (χ1v) is 7.94. The maximum absolute atomic E-state index is 6.03. The second-order valence-electron chi connectivity index (χ2n) is 6.39. The van der Waals surface area contributed by atoms with Crippen LogP contribution >= 0.6 is 23.4 Å². The van der Waals surface area contributed by atoms with Crippen LogP contribution < -0.4 is 0 Å². The summed E-state index contributed by atoms with van der Waals surface area (Å²) < 4.78 is 6.19. The summed E-state index contributed by atoms with van der Waals surface area (Å²) in [6.07, 6.45) is 4.76. The quantitative estimate of drug-likeness (QED) is 0.715. The fourth-order valence-corrected chi connectivity index (χ4v) is 6.36. The third-order valence-electron chi connectivity index (χ3n) is 5.09. The molecular formula is C16H17ClOS. The molecule has 0 unspecified atom stereocenters. The molecule has 100 valence electrons. The second-order valence-corrected chi connectivity index (χ2v) is 8.73. The van der Waals surface area contributed by atoms with Crippen LogP contribution in [0.1, 0.15) is 19.4 Å². The first-order valence-electron chi connectivity index (χ1n) is 6.75. The van der Waals surface area contributed by atoms with E-state index in [1.54, 1.807) is 0 Å². The standard InChI is InChI=1S/C16H17ClOS/c1-14(2)13-9-18-10-15(13)7-8-16(15,19-14)11-3-5-12(17)6-4-11/h3-8,13H,9-10H2,1-2H3/t13-,15-,16-/m1/s1. The van der Waals surface area contributed by atoms with Crippen molar-refractivity contribution in [3.8, 4) is 0 Å². The fourth-order valence-electron chi connectivity index (χ4n) is 4.13. The second kappa shape index (κ2) is 3.60. The highest BCUT2D eigenvalue weighted by Gasteiger charge is 2.71. The number of rotatable bonds is 1. The SMILES string of the molecule is CC1(C)S[C@@]2(c3ccc(Cl)cc3)C=C[C@]23COC[C@H]13. The Hall–Kier alpha value is -0.440. The van der Waals surface area contributed by atoms with Crippen molar-refractivity contribution >= 4 is 23.4 Å². The van der Waals surface area contributed by atoms with Crippen LogP contribution in [0.5, 0.6) is 0 Å². The van der Waals surface area contributed by atoms with Crippen LogP contribution in [-0.2, 0) is 9.48 Å². The minimum atomic E-state index is 0.0856. The Balaban J connectivity index is 1.87. The first-order chi connectivity index (χ1) is 9.00. The van der Waals surface area contributed by atoms with Gasteiger partial charge in [0.15, 0.2) is 0 Å². The number of hydrogen-bond donors (Lipinski definition) is 0. The Kier molecular flexibility index (Phi) is 2.33. The van der Waals surface area contributed by atoms with Gasteiger partial charge in [0.1, 0.15) is 0 Å². The number of halogens is 1. The summed E-state index contributed by atoms with van der Waals surface area (Å²) in [5.74, 6) is 0.602. The van der Waals surface area contributed by atoms with E-state index in [9.17, 15) is 0 Å². The molecule has 3 atom stereocenters. The van der Waals surface area contributed by atoms with Gasteiger partial charge in [-0.05, 0) is 17.7 Å². The zero-order valence-corrected chi connectivity index (χ0v) is 12.7. The largest absolute Gasteiger partial charge is 0.380 e. The molecule has 1 aromatic carbocycles. The van der Waals surface area contributed by atoms with Crippen molar-refractivity contribution in [2.24, 2.45) is 11.3 Å². The number of thioether (sulfide) groups is 1. The molecule has 0 bridgehead atoms. The predicted molar refractivity (Wildman–Crippen MR) is 80.7 cm³/mol. The number of hydrogen-bond acceptors (Lipinski definition) is 2. The molecular weight excluding hydrogens is 276 g/mol. The molecule has 3 aliphatic rings. The van der Waals surface area contributed by atoms with Crippen molar-refractivity contribution in [2.45, 2.75) is 23.3 Å². The summed E-state index contributed by atoms with van der Waals surface area (Å²) in [5, 5.41) is 0.805. The molecule has 2 heterocycles. The number of benzene rings is 1. The van der Waals surface area contributed by atoms with Crippen LogP contribution in [-0.4, -0.2) is 18.0 Å². The molecule has 1 spiro atoms. The lowest BCUT2D eigenvalue weighted by Gasteiger charge is -2.48. The molecule has 0 amide bonds. The highest BCUT2D eigenvalue weighted by Crippen LogP contribution is 2.75. The summed E-state index contributed by atoms with van der Waals surface area (Å²) in [6.45, 7) is 6.46. The molecule has 3 heteroatoms. The molecule has 2 aliphatic heterocycles. The summed E-state index contributed by atoms with van der Waals surface area (Å²) in [5.41, 5.74) is 1.56. The molecule has 1 aliphatic carbocycles. The number of ether oxygens (including phenoxy) is 1. The van der Waals surface area contributed by atoms with Gasteiger partial charge in [0, 0.05) is 21.1 Å². The Morgan fingerprint density at radius 2 is 1.95 bits per heavy atom. The highest BCUT2D eigenvalue weighted by molar-refractivity contribution is 8.02. The topological polar surface area (TPSA) is 9.23 Å². The normalized spacial score (nSPS) is 41.7. The predicted octanol–water partition coefficient (Wildman–Crippen LogP) is 4.26. The lowest BCUT2D eigenvalue weighted by Crippen LogP contribution is -2.48. The van der Waals surface area contributed by atoms with E-state index in [-0.39, 0.29) is 14.9 Å². The van der Waals surface area contributed by atoms with Gasteiger partial charge in [-0.1, -0.05) is 49.7 Å². The molecule has 19 heavy (non-hydrogen) atoms. The van der Waals surface area contributed by atoms with Gasteiger partial charge in [0.25, 0.3) is 0 Å². The molecule has 2 saturated heterocycles. The van der Waals surface area contributed by atoms with Crippen molar-refractivity contribution in [3.63, 3.8) is 0 Å². The highest BCUT2D eigenvalue weighted by atomic mass is 35.5. The summed E-state index contributed by atoms with van der Waals surface area (Å²) in [4.78, 5) is 0. The molecule has 0 saturated carbocycles. The molecule has 1 nitrogen and oxygen atoms in total. The Bertz CT molecular complexity index is 565. The van der Waals surface area contributed by atoms with Gasteiger partial charge in [0.2, 0.25) is 0 Å². The summed E-state index contributed by atoms with van der Waals surface area (Å²) in [6, 6.07) is 8.36. The van der Waals surface area contributed by atoms with Crippen molar-refractivity contribution in [2.75, 3.05) is 13.2 Å². The van der Waals surface area contributed by atoms with E-state index >= 15 is 0 Å². The molecule has 0 N–H and O–H groups in total. The van der Waals surface area contributed by atoms with Gasteiger partial charge in [-0.15, -0.1) is 11.8 Å². The van der Waals surface area contributed by atoms with E-state index in [0.29, 0.717) is 5.92 Å². The van der Waals surface area contributed by atoms with Crippen molar-refractivity contribution in [3.05, 3.63) is 47.0 Å². The van der Waals surface area contributed by atoms with E-state index in [4.69, 9.17) is 16.3 Å². The van der Waals surface area contributed by atoms with E-state index in [0.717, 1.165) is 18.2 Å². The molecule has 2 fully saturated rings. The zero-order chi connectivity index (χ0) is 13.3. The van der Waals surface area contributed by atoms with Crippen molar-refractivity contribution < 1.29 is 4.74 Å². The van der Waals surface area contributed by atoms with Gasteiger partial charge in [-0.3, -0.25) is 0 Å². The lowest BCUT2D eigenvalue weighted by molar-refractivity contribution is 0.150. The minimum absolute atomic E-state index is 0.0856. The van der Waals surface area contributed by atoms with E-state index in [1.165, 1.54) is 5.56 Å². The van der Waals surface area contributed by atoms with Gasteiger partial charge in [0.05, 0.1) is 18.0 Å². The van der Waals surface area contributed by atoms with E-state index in [2.05, 4.69) is 49.9 Å². The van der Waals surface area contributed by atoms with Crippen LogP contribution in [0.3, 0.4) is 0 Å². The van der Waals surface area contributed by atoms with Gasteiger partial charge < -0.3 is 4.74 Å². The summed E-state index contributed by atoms with van der Waals surface area (Å²) >= 11 is 8.13. The Morgan fingerprint density at radius 1 is 1.21 bits per heavy atom. The molecule has 4 rings (SSSR count). The lowest BCUT2D eigenvalue weighted by atomic mass is 9.57. The third-order valence-corrected chi connectivity index (χ3v) is 7.23. The van der Waals surface area contributed by atoms with E-state index in [1.807, 2.05) is 12.1 Å². The van der Waals surface area contributed by atoms with Crippen LogP contribution in [0.4, 0.5) is 0 Å². The molecule has 1 aromatic rings. The van der Waals surface area contributed by atoms with Crippen LogP contribution in [0.2, 0.25) is 5.02 Å². The average Bonchev–Trinajstić information content (AvgIpc) is 2.87. The van der Waals surface area contributed by atoms with E-state index < -0.39 is 0 Å². The fraction of sp³-hybridized carbons (Fsp3) is 0.500. The molecule has 0 aromatic heterocycles.